The number of nitrogens with zero attached hydrogens (tertiary/aromatic N) is 2. The monoisotopic (exact) mass is 384 g/mol. The lowest BCUT2D eigenvalue weighted by Gasteiger charge is -2.35. The van der Waals surface area contributed by atoms with Crippen molar-refractivity contribution >= 4 is 5.91 Å². The average Bonchev–Trinajstić information content (AvgIpc) is 2.75. The summed E-state index contributed by atoms with van der Waals surface area (Å²) in [5.41, 5.74) is 1.77. The zero-order valence-corrected chi connectivity index (χ0v) is 16.3. The highest BCUT2D eigenvalue weighted by Crippen LogP contribution is 2.12. The van der Waals surface area contributed by atoms with Crippen LogP contribution in [0.15, 0.2) is 54.6 Å². The van der Waals surface area contributed by atoms with Crippen molar-refractivity contribution in [2.24, 2.45) is 0 Å². The molecule has 1 heterocycles. The van der Waals surface area contributed by atoms with Crippen molar-refractivity contribution in [1.29, 1.82) is 0 Å². The molecule has 0 spiro atoms. The van der Waals surface area contributed by atoms with Gasteiger partial charge in [0.15, 0.2) is 0 Å². The highest BCUT2D eigenvalue weighted by molar-refractivity contribution is 5.94. The van der Waals surface area contributed by atoms with E-state index in [1.165, 1.54) is 0 Å². The molecule has 1 fully saturated rings. The fourth-order valence-electron chi connectivity index (χ4n) is 3.28. The van der Waals surface area contributed by atoms with Crippen LogP contribution in [0.4, 0.5) is 0 Å². The van der Waals surface area contributed by atoms with Crippen molar-refractivity contribution in [1.82, 2.24) is 9.80 Å². The average molecular weight is 384 g/mol. The maximum Gasteiger partial charge on any atom is 0.253 e. The van der Waals surface area contributed by atoms with Crippen LogP contribution >= 0.6 is 0 Å². The van der Waals surface area contributed by atoms with Crippen molar-refractivity contribution in [2.45, 2.75) is 12.7 Å². The van der Waals surface area contributed by atoms with E-state index in [0.717, 1.165) is 30.0 Å². The molecule has 0 saturated carbocycles. The lowest BCUT2D eigenvalue weighted by molar-refractivity contribution is 0.00205. The smallest absolute Gasteiger partial charge is 0.253 e. The molecule has 1 atom stereocenters. The Bertz CT molecular complexity index is 728. The molecule has 3 rings (SSSR count). The SMILES string of the molecule is COc1ccc(COCC(O)CN2CCN(C(=O)c3ccccc3)CC2)cc1. The van der Waals surface area contributed by atoms with Gasteiger partial charge < -0.3 is 19.5 Å². The second-order valence-corrected chi connectivity index (χ2v) is 6.98. The number of aliphatic hydroxyl groups excluding tert-OH is 1. The minimum atomic E-state index is -0.547. The highest BCUT2D eigenvalue weighted by Gasteiger charge is 2.23. The summed E-state index contributed by atoms with van der Waals surface area (Å²) in [4.78, 5) is 16.5. The summed E-state index contributed by atoms with van der Waals surface area (Å²) >= 11 is 0. The molecule has 0 aliphatic carbocycles. The van der Waals surface area contributed by atoms with Crippen molar-refractivity contribution in [3.05, 3.63) is 65.7 Å². The zero-order chi connectivity index (χ0) is 19.8. The number of aliphatic hydroxyl groups is 1. The number of benzene rings is 2. The number of carbonyl (C=O) groups is 1. The third kappa shape index (κ3) is 5.79. The van der Waals surface area contributed by atoms with Gasteiger partial charge in [-0.1, -0.05) is 30.3 Å². The first-order valence-electron chi connectivity index (χ1n) is 9.61. The van der Waals surface area contributed by atoms with Gasteiger partial charge in [-0.3, -0.25) is 9.69 Å². The molecule has 1 aliphatic heterocycles. The van der Waals surface area contributed by atoms with Crippen molar-refractivity contribution < 1.29 is 19.4 Å². The number of hydrogen-bond acceptors (Lipinski definition) is 5. The van der Waals surface area contributed by atoms with Gasteiger partial charge in [0.1, 0.15) is 5.75 Å². The molecule has 1 aliphatic rings. The summed E-state index contributed by atoms with van der Waals surface area (Å²) < 4.78 is 10.8. The topological polar surface area (TPSA) is 62.2 Å². The van der Waals surface area contributed by atoms with Gasteiger partial charge >= 0.3 is 0 Å². The highest BCUT2D eigenvalue weighted by atomic mass is 16.5. The molecule has 150 valence electrons. The Labute approximate surface area is 166 Å². The standard InChI is InChI=1S/C22H28N2O4/c1-27-21-9-7-18(8-10-21)16-28-17-20(25)15-23-11-13-24(14-12-23)22(26)19-5-3-2-4-6-19/h2-10,20,25H,11-17H2,1H3. The Morgan fingerprint density at radius 3 is 2.36 bits per heavy atom. The molecule has 6 heteroatoms. The lowest BCUT2D eigenvalue weighted by Crippen LogP contribution is -2.50. The van der Waals surface area contributed by atoms with E-state index in [1.54, 1.807) is 7.11 Å². The molecule has 6 nitrogen and oxygen atoms in total. The van der Waals surface area contributed by atoms with Crippen LogP contribution in [0, 0.1) is 0 Å². The third-order valence-corrected chi connectivity index (χ3v) is 4.89. The number of piperazine rings is 1. The molecule has 1 N–H and O–H groups in total. The minimum Gasteiger partial charge on any atom is -0.497 e. The van der Waals surface area contributed by atoms with Gasteiger partial charge in [-0.05, 0) is 29.8 Å². The number of ether oxygens (including phenoxy) is 2. The van der Waals surface area contributed by atoms with Crippen LogP contribution < -0.4 is 4.74 Å². The number of methoxy groups -OCH3 is 1. The van der Waals surface area contributed by atoms with Gasteiger partial charge in [-0.25, -0.2) is 0 Å². The minimum absolute atomic E-state index is 0.0728. The molecule has 2 aromatic rings. The molecule has 2 aromatic carbocycles. The van der Waals surface area contributed by atoms with Gasteiger partial charge in [0.2, 0.25) is 0 Å². The largest absolute Gasteiger partial charge is 0.497 e. The summed E-state index contributed by atoms with van der Waals surface area (Å²) in [5, 5.41) is 10.2. The zero-order valence-electron chi connectivity index (χ0n) is 16.3. The third-order valence-electron chi connectivity index (χ3n) is 4.89. The number of β-amino-alcohol motifs (C(OH)–C–C–N with tert-alkyl or cyclic N) is 1. The maximum absolute atomic E-state index is 12.5. The summed E-state index contributed by atoms with van der Waals surface area (Å²) in [6, 6.07) is 17.1. The summed E-state index contributed by atoms with van der Waals surface area (Å²) in [5.74, 6) is 0.886. The molecular formula is C22H28N2O4. The predicted octanol–water partition coefficient (Wildman–Crippen LogP) is 2.03. The Balaban J connectivity index is 1.35. The van der Waals surface area contributed by atoms with Crippen LogP contribution in [-0.2, 0) is 11.3 Å². The Morgan fingerprint density at radius 2 is 1.71 bits per heavy atom. The first-order chi connectivity index (χ1) is 13.7. The summed E-state index contributed by atoms with van der Waals surface area (Å²) in [6.45, 7) is 4.16. The molecule has 0 radical (unpaired) electrons. The fraction of sp³-hybridized carbons (Fsp3) is 0.409. The molecule has 1 amide bonds. The number of rotatable bonds is 8. The van der Waals surface area contributed by atoms with E-state index in [0.29, 0.717) is 26.2 Å². The van der Waals surface area contributed by atoms with Crippen molar-refractivity contribution in [2.75, 3.05) is 46.4 Å². The second kappa shape index (κ2) is 10.2. The van der Waals surface area contributed by atoms with Gasteiger partial charge in [-0.15, -0.1) is 0 Å². The van der Waals surface area contributed by atoms with E-state index in [1.807, 2.05) is 59.5 Å². The van der Waals surface area contributed by atoms with Crippen LogP contribution in [-0.4, -0.2) is 73.4 Å². The normalized spacial score (nSPS) is 16.0. The predicted molar refractivity (Wildman–Crippen MR) is 107 cm³/mol. The van der Waals surface area contributed by atoms with E-state index < -0.39 is 6.10 Å². The van der Waals surface area contributed by atoms with Gasteiger partial charge in [-0.2, -0.15) is 0 Å². The van der Waals surface area contributed by atoms with Crippen LogP contribution in [0.5, 0.6) is 5.75 Å². The first kappa shape index (κ1) is 20.3. The molecule has 1 unspecified atom stereocenters. The lowest BCUT2D eigenvalue weighted by atomic mass is 10.2. The molecule has 0 bridgehead atoms. The first-order valence-corrected chi connectivity index (χ1v) is 9.61. The van der Waals surface area contributed by atoms with E-state index in [2.05, 4.69) is 4.90 Å². The van der Waals surface area contributed by atoms with Gasteiger partial charge in [0, 0.05) is 38.3 Å². The van der Waals surface area contributed by atoms with Crippen LogP contribution in [0.1, 0.15) is 15.9 Å². The second-order valence-electron chi connectivity index (χ2n) is 6.98. The summed E-state index contributed by atoms with van der Waals surface area (Å²) in [6.07, 6.45) is -0.547. The fourth-order valence-corrected chi connectivity index (χ4v) is 3.28. The maximum atomic E-state index is 12.5. The van der Waals surface area contributed by atoms with Crippen LogP contribution in [0.3, 0.4) is 0 Å². The molecule has 1 saturated heterocycles. The van der Waals surface area contributed by atoms with E-state index in [9.17, 15) is 9.90 Å². The van der Waals surface area contributed by atoms with Crippen LogP contribution in [0.25, 0.3) is 0 Å². The number of hydrogen-bond donors (Lipinski definition) is 1. The molecule has 28 heavy (non-hydrogen) atoms. The van der Waals surface area contributed by atoms with E-state index in [4.69, 9.17) is 9.47 Å². The number of amides is 1. The summed E-state index contributed by atoms with van der Waals surface area (Å²) in [7, 11) is 1.64. The van der Waals surface area contributed by atoms with E-state index >= 15 is 0 Å². The number of carbonyl (C=O) groups excluding carboxylic acids is 1. The van der Waals surface area contributed by atoms with Gasteiger partial charge in [0.05, 0.1) is 26.4 Å². The quantitative estimate of drug-likeness (QED) is 0.755. The van der Waals surface area contributed by atoms with Gasteiger partial charge in [0.25, 0.3) is 5.91 Å². The Morgan fingerprint density at radius 1 is 1.04 bits per heavy atom. The van der Waals surface area contributed by atoms with Crippen molar-refractivity contribution in [3.8, 4) is 5.75 Å². The van der Waals surface area contributed by atoms with Crippen LogP contribution in [0.2, 0.25) is 0 Å². The van der Waals surface area contributed by atoms with Crippen molar-refractivity contribution in [3.63, 3.8) is 0 Å². The Kier molecular flexibility index (Phi) is 7.42. The Hall–Kier alpha value is -2.41. The molecule has 0 aromatic heterocycles. The van der Waals surface area contributed by atoms with E-state index in [-0.39, 0.29) is 12.5 Å². The molecular weight excluding hydrogens is 356 g/mol.